The first kappa shape index (κ1) is 7.74. The van der Waals surface area contributed by atoms with E-state index in [1.54, 1.807) is 11.6 Å². The Morgan fingerprint density at radius 2 is 2.00 bits per heavy atom. The molecule has 0 saturated carbocycles. The number of hydrogen-bond donors (Lipinski definition) is 0. The quantitative estimate of drug-likeness (QED) is 0.575. The van der Waals surface area contributed by atoms with Gasteiger partial charge in [0.25, 0.3) is 0 Å². The van der Waals surface area contributed by atoms with Gasteiger partial charge < -0.3 is 0 Å². The monoisotopic (exact) mass is 149 g/mol. The third-order valence-corrected chi connectivity index (χ3v) is 1.92. The molecule has 0 aliphatic heterocycles. The van der Waals surface area contributed by atoms with Crippen molar-refractivity contribution in [1.82, 2.24) is 0 Å². The Kier molecular flexibility index (Phi) is 2.88. The van der Waals surface area contributed by atoms with Crippen LogP contribution in [-0.4, -0.2) is 12.8 Å². The molecule has 1 aromatic rings. The molecule has 0 heterocycles. The molecule has 0 atom stereocenters. The highest BCUT2D eigenvalue weighted by Crippen LogP contribution is 1.95. The van der Waals surface area contributed by atoms with E-state index in [1.807, 2.05) is 0 Å². The lowest BCUT2D eigenvalue weighted by Gasteiger charge is -1.99. The number of benzene rings is 1. The van der Waals surface area contributed by atoms with Gasteiger partial charge in [-0.05, 0) is 13.2 Å². The lowest BCUT2D eigenvalue weighted by atomic mass is 9.90. The SMILES string of the molecule is CS[B]c1ccccc1C. The fourth-order valence-corrected chi connectivity index (χ4v) is 1.36. The summed E-state index contributed by atoms with van der Waals surface area (Å²) in [5.74, 6) is 0. The van der Waals surface area contributed by atoms with E-state index >= 15 is 0 Å². The second-order valence-electron chi connectivity index (χ2n) is 2.21. The summed E-state index contributed by atoms with van der Waals surface area (Å²) in [6, 6.07) is 8.38. The van der Waals surface area contributed by atoms with Gasteiger partial charge in [-0.25, -0.2) is 11.6 Å². The van der Waals surface area contributed by atoms with Crippen molar-refractivity contribution in [1.29, 1.82) is 0 Å². The van der Waals surface area contributed by atoms with E-state index < -0.39 is 0 Å². The standard InChI is InChI=1S/C8H10BS/c1-7-5-3-4-6-8(7)9-10-2/h3-6H,1-2H3. The molecule has 0 aromatic heterocycles. The Hall–Kier alpha value is -0.365. The van der Waals surface area contributed by atoms with Crippen molar-refractivity contribution in [2.75, 3.05) is 6.26 Å². The zero-order chi connectivity index (χ0) is 7.40. The van der Waals surface area contributed by atoms with E-state index in [9.17, 15) is 0 Å². The first-order chi connectivity index (χ1) is 4.84. The average molecular weight is 149 g/mol. The van der Waals surface area contributed by atoms with Crippen LogP contribution in [0.5, 0.6) is 0 Å². The number of hydrogen-bond acceptors (Lipinski definition) is 1. The molecule has 0 saturated heterocycles. The van der Waals surface area contributed by atoms with Crippen molar-refractivity contribution in [2.45, 2.75) is 6.92 Å². The highest BCUT2D eigenvalue weighted by molar-refractivity contribution is 8.23. The van der Waals surface area contributed by atoms with Gasteiger partial charge >= 0.3 is 0 Å². The van der Waals surface area contributed by atoms with Crippen molar-refractivity contribution in [3.63, 3.8) is 0 Å². The fourth-order valence-electron chi connectivity index (χ4n) is 0.846. The lowest BCUT2D eigenvalue weighted by Crippen LogP contribution is -2.13. The molecule has 0 aliphatic rings. The van der Waals surface area contributed by atoms with Gasteiger partial charge in [0.15, 0.2) is 0 Å². The van der Waals surface area contributed by atoms with Gasteiger partial charge in [-0.2, -0.15) is 0 Å². The van der Waals surface area contributed by atoms with Gasteiger partial charge in [-0.15, -0.1) is 0 Å². The van der Waals surface area contributed by atoms with Crippen molar-refractivity contribution in [3.05, 3.63) is 29.8 Å². The lowest BCUT2D eigenvalue weighted by molar-refractivity contribution is 1.52. The van der Waals surface area contributed by atoms with E-state index in [0.29, 0.717) is 0 Å². The molecule has 0 nitrogen and oxygen atoms in total. The van der Waals surface area contributed by atoms with E-state index in [-0.39, 0.29) is 0 Å². The summed E-state index contributed by atoms with van der Waals surface area (Å²) < 4.78 is 0. The molecule has 0 unspecified atom stereocenters. The van der Waals surface area contributed by atoms with Crippen LogP contribution in [0.15, 0.2) is 24.3 Å². The highest BCUT2D eigenvalue weighted by atomic mass is 32.2. The van der Waals surface area contributed by atoms with E-state index in [4.69, 9.17) is 0 Å². The van der Waals surface area contributed by atoms with E-state index in [1.165, 1.54) is 11.0 Å². The molecule has 0 N–H and O–H groups in total. The van der Waals surface area contributed by atoms with Crippen LogP contribution < -0.4 is 5.46 Å². The van der Waals surface area contributed by atoms with E-state index in [0.717, 1.165) is 0 Å². The molecule has 2 heteroatoms. The molecule has 0 amide bonds. The van der Waals surface area contributed by atoms with Gasteiger partial charge in [0, 0.05) is 0 Å². The molecule has 1 rings (SSSR count). The first-order valence-corrected chi connectivity index (χ1v) is 4.55. The molecule has 1 radical (unpaired) electrons. The normalized spacial score (nSPS) is 9.40. The summed E-state index contributed by atoms with van der Waals surface area (Å²) in [5.41, 5.74) is 2.67. The van der Waals surface area contributed by atoms with Crippen LogP contribution in [-0.2, 0) is 0 Å². The summed E-state index contributed by atoms with van der Waals surface area (Å²) in [5, 5.41) is 0. The third kappa shape index (κ3) is 1.81. The molecule has 0 aliphatic carbocycles. The minimum Gasteiger partial charge on any atom is -0.215 e. The Morgan fingerprint density at radius 3 is 2.60 bits per heavy atom. The first-order valence-electron chi connectivity index (χ1n) is 3.26. The van der Waals surface area contributed by atoms with Crippen LogP contribution in [0.4, 0.5) is 0 Å². The Labute approximate surface area is 67.2 Å². The van der Waals surface area contributed by atoms with Gasteiger partial charge in [-0.1, -0.05) is 35.3 Å². The fraction of sp³-hybridized carbons (Fsp3) is 0.250. The molecule has 1 aromatic carbocycles. The highest BCUT2D eigenvalue weighted by Gasteiger charge is 1.95. The predicted molar refractivity (Wildman–Crippen MR) is 50.1 cm³/mol. The van der Waals surface area contributed by atoms with E-state index in [2.05, 4.69) is 44.0 Å². The van der Waals surface area contributed by atoms with Crippen molar-refractivity contribution in [3.8, 4) is 0 Å². The van der Waals surface area contributed by atoms with Crippen LogP contribution in [0.25, 0.3) is 0 Å². The van der Waals surface area contributed by atoms with Crippen LogP contribution in [0.3, 0.4) is 0 Å². The van der Waals surface area contributed by atoms with Crippen LogP contribution in [0.1, 0.15) is 5.56 Å². The minimum atomic E-state index is 1.33. The third-order valence-electron chi connectivity index (χ3n) is 1.43. The largest absolute Gasteiger partial charge is 0.229 e. The second-order valence-corrected chi connectivity index (χ2v) is 2.92. The van der Waals surface area contributed by atoms with Crippen molar-refractivity contribution >= 4 is 23.6 Å². The average Bonchev–Trinajstić information content (AvgIpc) is 1.94. The molecule has 10 heavy (non-hydrogen) atoms. The van der Waals surface area contributed by atoms with Crippen molar-refractivity contribution < 1.29 is 0 Å². The van der Waals surface area contributed by atoms with Gasteiger partial charge in [0.1, 0.15) is 0 Å². The Bertz CT molecular complexity index is 210. The maximum atomic E-state index is 2.16. The molecular weight excluding hydrogens is 139 g/mol. The summed E-state index contributed by atoms with van der Waals surface area (Å²) in [6.07, 6.45) is 2.08. The Morgan fingerprint density at radius 1 is 1.30 bits per heavy atom. The number of aryl methyl sites for hydroxylation is 1. The minimum absolute atomic E-state index is 1.33. The second kappa shape index (κ2) is 3.72. The smallest absolute Gasteiger partial charge is 0.215 e. The molecular formula is C8H10BS. The molecule has 0 bridgehead atoms. The summed E-state index contributed by atoms with van der Waals surface area (Å²) >= 11 is 1.74. The Balaban J connectivity index is 2.81. The summed E-state index contributed by atoms with van der Waals surface area (Å²) in [7, 11) is 0. The van der Waals surface area contributed by atoms with Gasteiger partial charge in [-0.3, -0.25) is 0 Å². The van der Waals surface area contributed by atoms with Crippen LogP contribution >= 0.6 is 11.6 Å². The zero-order valence-electron chi connectivity index (χ0n) is 6.29. The van der Waals surface area contributed by atoms with Crippen LogP contribution in [0, 0.1) is 6.92 Å². The maximum absolute atomic E-state index is 2.16. The molecule has 51 valence electrons. The molecule has 0 fully saturated rings. The summed E-state index contributed by atoms with van der Waals surface area (Å²) in [4.78, 5) is 0. The van der Waals surface area contributed by atoms with Gasteiger partial charge in [0.05, 0.1) is 0 Å². The van der Waals surface area contributed by atoms with Gasteiger partial charge in [0.2, 0.25) is 6.56 Å². The summed E-state index contributed by atoms with van der Waals surface area (Å²) in [6.45, 7) is 4.29. The topological polar surface area (TPSA) is 0 Å². The predicted octanol–water partition coefficient (Wildman–Crippen LogP) is 1.60. The molecule has 0 spiro atoms. The maximum Gasteiger partial charge on any atom is 0.229 e. The van der Waals surface area contributed by atoms with Crippen LogP contribution in [0.2, 0.25) is 0 Å². The number of rotatable bonds is 2. The zero-order valence-corrected chi connectivity index (χ0v) is 7.11. The van der Waals surface area contributed by atoms with Crippen molar-refractivity contribution in [2.24, 2.45) is 0 Å².